The van der Waals surface area contributed by atoms with E-state index in [9.17, 15) is 9.90 Å². The lowest BCUT2D eigenvalue weighted by molar-refractivity contribution is -0.00955. The van der Waals surface area contributed by atoms with E-state index in [1.165, 1.54) is 0 Å². The van der Waals surface area contributed by atoms with Crippen LogP contribution in [0.3, 0.4) is 0 Å². The van der Waals surface area contributed by atoms with Crippen LogP contribution in [0.2, 0.25) is 0 Å². The van der Waals surface area contributed by atoms with Gasteiger partial charge in [-0.3, -0.25) is 0 Å². The second kappa shape index (κ2) is 6.41. The van der Waals surface area contributed by atoms with E-state index in [-0.39, 0.29) is 18.2 Å². The van der Waals surface area contributed by atoms with Crippen LogP contribution in [0.4, 0.5) is 4.79 Å². The van der Waals surface area contributed by atoms with Crippen LogP contribution in [-0.4, -0.2) is 40.4 Å². The van der Waals surface area contributed by atoms with Crippen molar-refractivity contribution in [3.63, 3.8) is 0 Å². The summed E-state index contributed by atoms with van der Waals surface area (Å²) in [5.41, 5.74) is -0.456. The first-order valence-electron chi connectivity index (χ1n) is 7.01. The minimum Gasteiger partial charge on any atom is -0.444 e. The molecule has 1 heterocycles. The molecular weight excluding hydrogens is 230 g/mol. The van der Waals surface area contributed by atoms with Crippen LogP contribution in [0, 0.1) is 0 Å². The Morgan fingerprint density at radius 3 is 2.67 bits per heavy atom. The van der Waals surface area contributed by atoms with Crippen molar-refractivity contribution in [2.75, 3.05) is 6.54 Å². The molecule has 4 heteroatoms. The highest BCUT2D eigenvalue weighted by atomic mass is 16.6. The summed E-state index contributed by atoms with van der Waals surface area (Å²) in [4.78, 5) is 13.9. The normalized spacial score (nSPS) is 25.1. The lowest BCUT2D eigenvalue weighted by atomic mass is 9.95. The van der Waals surface area contributed by atoms with Crippen molar-refractivity contribution >= 4 is 6.09 Å². The van der Waals surface area contributed by atoms with Gasteiger partial charge in [-0.2, -0.15) is 0 Å². The zero-order valence-corrected chi connectivity index (χ0v) is 12.1. The Morgan fingerprint density at radius 1 is 1.44 bits per heavy atom. The molecule has 0 saturated carbocycles. The van der Waals surface area contributed by atoms with Gasteiger partial charge in [-0.15, -0.1) is 0 Å². The summed E-state index contributed by atoms with van der Waals surface area (Å²) in [5, 5.41) is 9.73. The van der Waals surface area contributed by atoms with Crippen LogP contribution < -0.4 is 0 Å². The van der Waals surface area contributed by atoms with E-state index in [0.717, 1.165) is 19.3 Å². The number of carbonyl (C=O) groups is 1. The molecule has 4 nitrogen and oxygen atoms in total. The number of nitrogens with zero attached hydrogens (tertiary/aromatic N) is 1. The number of amides is 1. The number of unbranched alkanes of at least 4 members (excludes halogenated alkanes) is 1. The third-order valence-corrected chi connectivity index (χ3v) is 3.21. The van der Waals surface area contributed by atoms with E-state index in [4.69, 9.17) is 4.74 Å². The second-order valence-corrected chi connectivity index (χ2v) is 6.15. The molecular formula is C14H27NO3. The van der Waals surface area contributed by atoms with E-state index >= 15 is 0 Å². The maximum Gasteiger partial charge on any atom is 0.410 e. The Labute approximate surface area is 110 Å². The van der Waals surface area contributed by atoms with Crippen LogP contribution in [0.1, 0.15) is 59.8 Å². The molecule has 106 valence electrons. The molecule has 0 radical (unpaired) electrons. The van der Waals surface area contributed by atoms with E-state index < -0.39 is 5.60 Å². The van der Waals surface area contributed by atoms with E-state index in [1.807, 2.05) is 20.8 Å². The van der Waals surface area contributed by atoms with Crippen molar-refractivity contribution in [2.24, 2.45) is 0 Å². The number of carbonyl (C=O) groups excluding carboxylic acids is 1. The van der Waals surface area contributed by atoms with Gasteiger partial charge in [0.25, 0.3) is 0 Å². The molecule has 0 aromatic heterocycles. The predicted octanol–water partition coefficient (Wildman–Crippen LogP) is 2.94. The maximum absolute atomic E-state index is 12.1. The third kappa shape index (κ3) is 4.84. The predicted molar refractivity (Wildman–Crippen MR) is 71.5 cm³/mol. The fraction of sp³-hybridized carbons (Fsp3) is 0.929. The SMILES string of the molecule is CCCCC1CC(O)CCN1C(=O)OC(C)(C)C. The van der Waals surface area contributed by atoms with Crippen molar-refractivity contribution in [1.82, 2.24) is 4.90 Å². The molecule has 18 heavy (non-hydrogen) atoms. The number of aliphatic hydroxyl groups excluding tert-OH is 1. The van der Waals surface area contributed by atoms with Gasteiger partial charge in [0, 0.05) is 12.6 Å². The number of ether oxygens (including phenoxy) is 1. The molecule has 1 rings (SSSR count). The summed E-state index contributed by atoms with van der Waals surface area (Å²) in [7, 11) is 0. The molecule has 1 saturated heterocycles. The van der Waals surface area contributed by atoms with Gasteiger partial charge in [0.2, 0.25) is 0 Å². The number of hydrogen-bond donors (Lipinski definition) is 1. The molecule has 2 atom stereocenters. The molecule has 1 amide bonds. The number of likely N-dealkylation sites (tertiary alicyclic amines) is 1. The van der Waals surface area contributed by atoms with Gasteiger partial charge in [0.05, 0.1) is 6.10 Å². The van der Waals surface area contributed by atoms with Crippen molar-refractivity contribution in [3.8, 4) is 0 Å². The Kier molecular flexibility index (Phi) is 5.45. The first-order chi connectivity index (χ1) is 8.33. The van der Waals surface area contributed by atoms with Gasteiger partial charge in [0.15, 0.2) is 0 Å². The first-order valence-corrected chi connectivity index (χ1v) is 7.01. The van der Waals surface area contributed by atoms with Gasteiger partial charge in [0.1, 0.15) is 5.60 Å². The summed E-state index contributed by atoms with van der Waals surface area (Å²) in [6, 6.07) is 0.128. The summed E-state index contributed by atoms with van der Waals surface area (Å²) in [6.45, 7) is 8.38. The van der Waals surface area contributed by atoms with Gasteiger partial charge >= 0.3 is 6.09 Å². The highest BCUT2D eigenvalue weighted by molar-refractivity contribution is 5.68. The molecule has 0 aliphatic carbocycles. The van der Waals surface area contributed by atoms with Crippen LogP contribution in [0.25, 0.3) is 0 Å². The highest BCUT2D eigenvalue weighted by Crippen LogP contribution is 2.24. The Hall–Kier alpha value is -0.770. The summed E-state index contributed by atoms with van der Waals surface area (Å²) in [5.74, 6) is 0. The molecule has 0 aromatic carbocycles. The Bertz CT molecular complexity index is 273. The topological polar surface area (TPSA) is 49.8 Å². The monoisotopic (exact) mass is 257 g/mol. The largest absolute Gasteiger partial charge is 0.444 e. The number of piperidine rings is 1. The highest BCUT2D eigenvalue weighted by Gasteiger charge is 2.32. The van der Waals surface area contributed by atoms with Gasteiger partial charge in [-0.25, -0.2) is 4.79 Å². The summed E-state index contributed by atoms with van der Waals surface area (Å²) >= 11 is 0. The smallest absolute Gasteiger partial charge is 0.410 e. The minimum absolute atomic E-state index is 0.128. The molecule has 2 unspecified atom stereocenters. The van der Waals surface area contributed by atoms with Crippen molar-refractivity contribution < 1.29 is 14.6 Å². The third-order valence-electron chi connectivity index (χ3n) is 3.21. The summed E-state index contributed by atoms with van der Waals surface area (Å²) < 4.78 is 5.43. The van der Waals surface area contributed by atoms with Gasteiger partial charge in [-0.05, 0) is 40.0 Å². The zero-order chi connectivity index (χ0) is 13.8. The van der Waals surface area contributed by atoms with E-state index in [2.05, 4.69) is 6.92 Å². The lowest BCUT2D eigenvalue weighted by Gasteiger charge is -2.38. The van der Waals surface area contributed by atoms with Crippen molar-refractivity contribution in [1.29, 1.82) is 0 Å². The fourth-order valence-electron chi connectivity index (χ4n) is 2.30. The van der Waals surface area contributed by atoms with Gasteiger partial charge < -0.3 is 14.7 Å². The minimum atomic E-state index is -0.456. The molecule has 0 aromatic rings. The fourth-order valence-corrected chi connectivity index (χ4v) is 2.30. The van der Waals surface area contributed by atoms with Crippen molar-refractivity contribution in [2.45, 2.75) is 77.5 Å². The molecule has 1 N–H and O–H groups in total. The summed E-state index contributed by atoms with van der Waals surface area (Å²) in [6.07, 6.45) is 3.96. The number of aliphatic hydroxyl groups is 1. The second-order valence-electron chi connectivity index (χ2n) is 6.15. The molecule has 0 bridgehead atoms. The van der Waals surface area contributed by atoms with Gasteiger partial charge in [-0.1, -0.05) is 19.8 Å². The molecule has 0 spiro atoms. The standard InChI is InChI=1S/C14H27NO3/c1-5-6-7-11-10-12(16)8-9-15(11)13(17)18-14(2,3)4/h11-12,16H,5-10H2,1-4H3. The molecule has 1 aliphatic rings. The molecule has 1 fully saturated rings. The lowest BCUT2D eigenvalue weighted by Crippen LogP contribution is -2.49. The van der Waals surface area contributed by atoms with E-state index in [1.54, 1.807) is 4.90 Å². The first kappa shape index (κ1) is 15.3. The van der Waals surface area contributed by atoms with Crippen LogP contribution in [-0.2, 0) is 4.74 Å². The van der Waals surface area contributed by atoms with Crippen LogP contribution in [0.5, 0.6) is 0 Å². The zero-order valence-electron chi connectivity index (χ0n) is 12.1. The van der Waals surface area contributed by atoms with Crippen LogP contribution in [0.15, 0.2) is 0 Å². The number of rotatable bonds is 3. The molecule has 1 aliphatic heterocycles. The average molecular weight is 257 g/mol. The Balaban J connectivity index is 2.61. The van der Waals surface area contributed by atoms with Crippen molar-refractivity contribution in [3.05, 3.63) is 0 Å². The average Bonchev–Trinajstić information content (AvgIpc) is 2.23. The quantitative estimate of drug-likeness (QED) is 0.845. The maximum atomic E-state index is 12.1. The van der Waals surface area contributed by atoms with E-state index in [0.29, 0.717) is 19.4 Å². The van der Waals surface area contributed by atoms with Crippen LogP contribution >= 0.6 is 0 Å². The number of hydrogen-bond acceptors (Lipinski definition) is 3. The Morgan fingerprint density at radius 2 is 2.11 bits per heavy atom.